The maximum absolute atomic E-state index is 10.9. The summed E-state index contributed by atoms with van der Waals surface area (Å²) in [5.74, 6) is -1.05. The predicted molar refractivity (Wildman–Crippen MR) is 57.8 cm³/mol. The zero-order valence-corrected chi connectivity index (χ0v) is 9.36. The number of hydrogen-bond donors (Lipinski definition) is 3. The second-order valence-corrected chi connectivity index (χ2v) is 3.37. The SMILES string of the molecule is CCC(=O)NCCCCC(NC=O)C(=O)O. The van der Waals surface area contributed by atoms with Gasteiger partial charge >= 0.3 is 5.97 Å². The molecule has 0 rings (SSSR count). The molecule has 0 radical (unpaired) electrons. The monoisotopic (exact) mass is 230 g/mol. The number of amides is 2. The zero-order chi connectivity index (χ0) is 12.4. The van der Waals surface area contributed by atoms with E-state index in [1.807, 2.05) is 0 Å². The number of carboxylic acids is 1. The normalized spacial score (nSPS) is 11.6. The van der Waals surface area contributed by atoms with E-state index in [9.17, 15) is 14.4 Å². The summed E-state index contributed by atoms with van der Waals surface area (Å²) in [4.78, 5) is 31.6. The molecule has 0 aromatic rings. The smallest absolute Gasteiger partial charge is 0.326 e. The van der Waals surface area contributed by atoms with E-state index in [0.717, 1.165) is 0 Å². The van der Waals surface area contributed by atoms with Gasteiger partial charge in [-0.25, -0.2) is 4.79 Å². The van der Waals surface area contributed by atoms with E-state index >= 15 is 0 Å². The van der Waals surface area contributed by atoms with E-state index in [4.69, 9.17) is 5.11 Å². The van der Waals surface area contributed by atoms with Crippen molar-refractivity contribution in [3.63, 3.8) is 0 Å². The standard InChI is InChI=1S/C10H18N2O4/c1-2-9(14)11-6-4-3-5-8(10(15)16)12-7-13/h7-8H,2-6H2,1H3,(H,11,14)(H,12,13)(H,15,16). The predicted octanol–water partition coefficient (Wildman–Crippen LogP) is -0.118. The number of carboxylic acid groups (broad SMARTS) is 1. The Hall–Kier alpha value is -1.59. The molecule has 0 fully saturated rings. The first kappa shape index (κ1) is 14.4. The van der Waals surface area contributed by atoms with E-state index in [0.29, 0.717) is 38.6 Å². The van der Waals surface area contributed by atoms with Gasteiger partial charge in [0.15, 0.2) is 0 Å². The molecule has 16 heavy (non-hydrogen) atoms. The Morgan fingerprint density at radius 1 is 1.38 bits per heavy atom. The van der Waals surface area contributed by atoms with Crippen LogP contribution in [-0.4, -0.2) is 36.0 Å². The first-order chi connectivity index (χ1) is 7.61. The average Bonchev–Trinajstić information content (AvgIpc) is 2.26. The quantitative estimate of drug-likeness (QED) is 0.380. The second kappa shape index (κ2) is 8.70. The van der Waals surface area contributed by atoms with Gasteiger partial charge in [0.2, 0.25) is 12.3 Å². The Labute approximate surface area is 94.4 Å². The molecule has 0 heterocycles. The third kappa shape index (κ3) is 6.80. The van der Waals surface area contributed by atoms with Gasteiger partial charge in [-0.3, -0.25) is 9.59 Å². The van der Waals surface area contributed by atoms with Gasteiger partial charge in [0.1, 0.15) is 6.04 Å². The number of carbonyl (C=O) groups is 3. The van der Waals surface area contributed by atoms with Crippen LogP contribution < -0.4 is 10.6 Å². The third-order valence-electron chi connectivity index (χ3n) is 2.13. The van der Waals surface area contributed by atoms with Crippen molar-refractivity contribution in [1.82, 2.24) is 10.6 Å². The minimum absolute atomic E-state index is 0.0131. The molecule has 0 spiro atoms. The molecule has 92 valence electrons. The van der Waals surface area contributed by atoms with Crippen molar-refractivity contribution in [1.29, 1.82) is 0 Å². The van der Waals surface area contributed by atoms with Crippen LogP contribution in [0.25, 0.3) is 0 Å². The van der Waals surface area contributed by atoms with Crippen LogP contribution >= 0.6 is 0 Å². The van der Waals surface area contributed by atoms with Gasteiger partial charge in [-0.05, 0) is 19.3 Å². The Balaban J connectivity index is 3.58. The van der Waals surface area contributed by atoms with Gasteiger partial charge in [0, 0.05) is 13.0 Å². The largest absolute Gasteiger partial charge is 0.480 e. The first-order valence-corrected chi connectivity index (χ1v) is 5.31. The van der Waals surface area contributed by atoms with E-state index in [2.05, 4.69) is 10.6 Å². The zero-order valence-electron chi connectivity index (χ0n) is 9.36. The highest BCUT2D eigenvalue weighted by Gasteiger charge is 2.14. The number of rotatable bonds is 9. The van der Waals surface area contributed by atoms with Crippen molar-refractivity contribution in [2.75, 3.05) is 6.54 Å². The molecular formula is C10H18N2O4. The molecule has 0 aromatic heterocycles. The summed E-state index contributed by atoms with van der Waals surface area (Å²) in [6.07, 6.45) is 2.55. The molecule has 0 aliphatic heterocycles. The molecule has 3 N–H and O–H groups in total. The molecule has 1 atom stereocenters. The second-order valence-electron chi connectivity index (χ2n) is 3.37. The summed E-state index contributed by atoms with van der Waals surface area (Å²) in [7, 11) is 0. The molecular weight excluding hydrogens is 212 g/mol. The van der Waals surface area contributed by atoms with Crippen LogP contribution in [0, 0.1) is 0 Å². The Bertz CT molecular complexity index is 243. The van der Waals surface area contributed by atoms with Crippen LogP contribution in [0.5, 0.6) is 0 Å². The summed E-state index contributed by atoms with van der Waals surface area (Å²) in [6.45, 7) is 2.31. The number of carbonyl (C=O) groups excluding carboxylic acids is 2. The highest BCUT2D eigenvalue weighted by molar-refractivity contribution is 5.76. The van der Waals surface area contributed by atoms with Crippen molar-refractivity contribution >= 4 is 18.3 Å². The molecule has 0 saturated carbocycles. The fourth-order valence-corrected chi connectivity index (χ4v) is 1.19. The van der Waals surface area contributed by atoms with E-state index in [1.165, 1.54) is 0 Å². The van der Waals surface area contributed by atoms with E-state index in [-0.39, 0.29) is 5.91 Å². The van der Waals surface area contributed by atoms with Gasteiger partial charge in [0.05, 0.1) is 0 Å². The van der Waals surface area contributed by atoms with Crippen LogP contribution in [0.2, 0.25) is 0 Å². The summed E-state index contributed by atoms with van der Waals surface area (Å²) < 4.78 is 0. The molecule has 0 aliphatic rings. The minimum Gasteiger partial charge on any atom is -0.480 e. The Kier molecular flexibility index (Phi) is 7.83. The van der Waals surface area contributed by atoms with Gasteiger partial charge in [-0.1, -0.05) is 6.92 Å². The molecule has 1 unspecified atom stereocenters. The minimum atomic E-state index is -1.04. The highest BCUT2D eigenvalue weighted by Crippen LogP contribution is 2.00. The number of hydrogen-bond acceptors (Lipinski definition) is 3. The van der Waals surface area contributed by atoms with Gasteiger partial charge in [-0.15, -0.1) is 0 Å². The van der Waals surface area contributed by atoms with Gasteiger partial charge in [0.25, 0.3) is 0 Å². The molecule has 0 bridgehead atoms. The van der Waals surface area contributed by atoms with Crippen LogP contribution in [-0.2, 0) is 14.4 Å². The van der Waals surface area contributed by atoms with Crippen LogP contribution in [0.15, 0.2) is 0 Å². The lowest BCUT2D eigenvalue weighted by Crippen LogP contribution is -2.35. The molecule has 0 aromatic carbocycles. The third-order valence-corrected chi connectivity index (χ3v) is 2.13. The lowest BCUT2D eigenvalue weighted by Gasteiger charge is -2.10. The summed E-state index contributed by atoms with van der Waals surface area (Å²) >= 11 is 0. The lowest BCUT2D eigenvalue weighted by molar-refractivity contribution is -0.140. The lowest BCUT2D eigenvalue weighted by atomic mass is 10.1. The molecule has 2 amide bonds. The van der Waals surface area contributed by atoms with Crippen LogP contribution in [0.4, 0.5) is 0 Å². The van der Waals surface area contributed by atoms with Crippen molar-refractivity contribution in [3.05, 3.63) is 0 Å². The van der Waals surface area contributed by atoms with Gasteiger partial charge < -0.3 is 15.7 Å². The van der Waals surface area contributed by atoms with Crippen molar-refractivity contribution in [2.45, 2.75) is 38.6 Å². The Morgan fingerprint density at radius 3 is 2.56 bits per heavy atom. The van der Waals surface area contributed by atoms with Crippen molar-refractivity contribution in [3.8, 4) is 0 Å². The fourth-order valence-electron chi connectivity index (χ4n) is 1.19. The van der Waals surface area contributed by atoms with Crippen molar-refractivity contribution < 1.29 is 19.5 Å². The summed E-state index contributed by atoms with van der Waals surface area (Å²) in [5.41, 5.74) is 0. The molecule has 6 heteroatoms. The number of unbranched alkanes of at least 4 members (excludes halogenated alkanes) is 1. The fraction of sp³-hybridized carbons (Fsp3) is 0.700. The van der Waals surface area contributed by atoms with Crippen LogP contribution in [0.3, 0.4) is 0 Å². The first-order valence-electron chi connectivity index (χ1n) is 5.31. The summed E-state index contributed by atoms with van der Waals surface area (Å²) in [5, 5.41) is 13.6. The van der Waals surface area contributed by atoms with Crippen LogP contribution in [0.1, 0.15) is 32.6 Å². The highest BCUT2D eigenvalue weighted by atomic mass is 16.4. The van der Waals surface area contributed by atoms with E-state index in [1.54, 1.807) is 6.92 Å². The van der Waals surface area contributed by atoms with E-state index < -0.39 is 12.0 Å². The average molecular weight is 230 g/mol. The maximum Gasteiger partial charge on any atom is 0.326 e. The molecule has 6 nitrogen and oxygen atoms in total. The maximum atomic E-state index is 10.9. The summed E-state index contributed by atoms with van der Waals surface area (Å²) in [6, 6.07) is -0.834. The molecule has 0 saturated heterocycles. The Morgan fingerprint density at radius 2 is 2.06 bits per heavy atom. The van der Waals surface area contributed by atoms with Crippen molar-refractivity contribution in [2.24, 2.45) is 0 Å². The molecule has 0 aliphatic carbocycles. The number of nitrogens with one attached hydrogen (secondary N) is 2. The topological polar surface area (TPSA) is 95.5 Å². The van der Waals surface area contributed by atoms with Gasteiger partial charge in [-0.2, -0.15) is 0 Å². The number of aliphatic carboxylic acids is 1.